The number of fused-ring (bicyclic) bond motifs is 3. The van der Waals surface area contributed by atoms with Crippen LogP contribution < -0.4 is 5.69 Å². The van der Waals surface area contributed by atoms with E-state index in [2.05, 4.69) is 5.10 Å². The van der Waals surface area contributed by atoms with E-state index in [1.807, 2.05) is 0 Å². The van der Waals surface area contributed by atoms with Gasteiger partial charge in [-0.15, -0.1) is 5.10 Å². The summed E-state index contributed by atoms with van der Waals surface area (Å²) in [6.45, 7) is 0.138. The highest BCUT2D eigenvalue weighted by molar-refractivity contribution is 7.91. The number of hydrogen-bond donors (Lipinski definition) is 0. The van der Waals surface area contributed by atoms with E-state index in [1.165, 1.54) is 9.25 Å². The lowest BCUT2D eigenvalue weighted by Gasteiger charge is -2.03. The molecule has 2 heterocycles. The van der Waals surface area contributed by atoms with Crippen molar-refractivity contribution in [2.75, 3.05) is 5.75 Å². The van der Waals surface area contributed by atoms with Crippen LogP contribution in [0.4, 0.5) is 0 Å². The molecule has 0 spiro atoms. The second kappa shape index (κ2) is 3.55. The Bertz CT molecular complexity index is 786. The Hall–Kier alpha value is -1.89. The zero-order valence-electron chi connectivity index (χ0n) is 9.70. The van der Waals surface area contributed by atoms with E-state index in [1.54, 1.807) is 31.3 Å². The summed E-state index contributed by atoms with van der Waals surface area (Å²) in [5.41, 5.74) is 0.199. The van der Waals surface area contributed by atoms with Crippen molar-refractivity contribution in [3.8, 4) is 11.4 Å². The number of hydrogen-bond acceptors (Lipinski definition) is 4. The molecule has 1 aromatic heterocycles. The van der Waals surface area contributed by atoms with E-state index in [0.717, 1.165) is 0 Å². The summed E-state index contributed by atoms with van der Waals surface area (Å²) in [6.07, 6.45) is 0. The minimum absolute atomic E-state index is 0.0807. The molecule has 1 aliphatic rings. The Morgan fingerprint density at radius 2 is 2.00 bits per heavy atom. The summed E-state index contributed by atoms with van der Waals surface area (Å²) in [5.74, 6) is 0.335. The molecule has 18 heavy (non-hydrogen) atoms. The zero-order chi connectivity index (χ0) is 12.9. The monoisotopic (exact) mass is 265 g/mol. The summed E-state index contributed by atoms with van der Waals surface area (Å²) in [4.78, 5) is 12.1. The van der Waals surface area contributed by atoms with E-state index in [0.29, 0.717) is 11.4 Å². The van der Waals surface area contributed by atoms with Crippen LogP contribution in [0, 0.1) is 0 Å². The molecular formula is C11H11N3O3S. The van der Waals surface area contributed by atoms with Crippen molar-refractivity contribution in [1.29, 1.82) is 0 Å². The van der Waals surface area contributed by atoms with Crippen molar-refractivity contribution in [3.05, 3.63) is 34.7 Å². The van der Waals surface area contributed by atoms with Crippen LogP contribution in [0.15, 0.2) is 34.0 Å². The van der Waals surface area contributed by atoms with Crippen LogP contribution in [0.2, 0.25) is 0 Å². The summed E-state index contributed by atoms with van der Waals surface area (Å²) >= 11 is 0. The second-order valence-corrected chi connectivity index (χ2v) is 6.27. The van der Waals surface area contributed by atoms with Crippen LogP contribution in [0.25, 0.3) is 11.4 Å². The SMILES string of the molecule is Cn1nc2n(c1=O)CCS(=O)(=O)c1ccccc1-2. The van der Waals surface area contributed by atoms with Gasteiger partial charge in [0, 0.05) is 19.2 Å². The van der Waals surface area contributed by atoms with Gasteiger partial charge in [-0.1, -0.05) is 12.1 Å². The second-order valence-electron chi connectivity index (χ2n) is 4.20. The maximum absolute atomic E-state index is 12.1. The largest absolute Gasteiger partial charge is 0.345 e. The van der Waals surface area contributed by atoms with Crippen LogP contribution in [0.3, 0.4) is 0 Å². The third kappa shape index (κ3) is 1.43. The molecule has 0 amide bonds. The van der Waals surface area contributed by atoms with Crippen LogP contribution in [-0.4, -0.2) is 28.5 Å². The van der Waals surface area contributed by atoms with Crippen molar-refractivity contribution in [2.24, 2.45) is 7.05 Å². The number of aromatic nitrogens is 3. The smallest absolute Gasteiger partial charge is 0.274 e. The van der Waals surface area contributed by atoms with E-state index in [9.17, 15) is 13.2 Å². The minimum Gasteiger partial charge on any atom is -0.274 e. The molecule has 0 aliphatic carbocycles. The maximum atomic E-state index is 12.1. The molecule has 0 atom stereocenters. The molecule has 0 fully saturated rings. The van der Waals surface area contributed by atoms with Crippen molar-refractivity contribution >= 4 is 9.84 Å². The van der Waals surface area contributed by atoms with Gasteiger partial charge in [0.15, 0.2) is 15.7 Å². The fourth-order valence-electron chi connectivity index (χ4n) is 2.15. The fourth-order valence-corrected chi connectivity index (χ4v) is 3.57. The Balaban J connectivity index is 2.44. The van der Waals surface area contributed by atoms with E-state index in [4.69, 9.17) is 0 Å². The number of nitrogens with zero attached hydrogens (tertiary/aromatic N) is 3. The van der Waals surface area contributed by atoms with Crippen molar-refractivity contribution in [1.82, 2.24) is 14.3 Å². The molecule has 3 rings (SSSR count). The predicted octanol–water partition coefficient (Wildman–Crippen LogP) is 0.0361. The third-order valence-electron chi connectivity index (χ3n) is 3.05. The normalized spacial score (nSPS) is 16.7. The van der Waals surface area contributed by atoms with Crippen LogP contribution in [0.5, 0.6) is 0 Å². The molecule has 0 unspecified atom stereocenters. The third-order valence-corrected chi connectivity index (χ3v) is 4.80. The lowest BCUT2D eigenvalue weighted by molar-refractivity contribution is 0.589. The molecule has 0 N–H and O–H groups in total. The van der Waals surface area contributed by atoms with Crippen molar-refractivity contribution < 1.29 is 8.42 Å². The molecule has 0 radical (unpaired) electrons. The van der Waals surface area contributed by atoms with Gasteiger partial charge in [-0.25, -0.2) is 17.9 Å². The van der Waals surface area contributed by atoms with Crippen molar-refractivity contribution in [2.45, 2.75) is 11.4 Å². The standard InChI is InChI=1S/C11H11N3O3S/c1-13-11(15)14-6-7-18(16,17)9-5-3-2-4-8(9)10(14)12-13/h2-5H,6-7H2,1H3. The van der Waals surface area contributed by atoms with Crippen LogP contribution in [-0.2, 0) is 23.4 Å². The van der Waals surface area contributed by atoms with Crippen LogP contribution in [0.1, 0.15) is 0 Å². The molecule has 0 saturated heterocycles. The average Bonchev–Trinajstić information content (AvgIpc) is 2.57. The topological polar surface area (TPSA) is 74.0 Å². The van der Waals surface area contributed by atoms with Crippen LogP contribution >= 0.6 is 0 Å². The van der Waals surface area contributed by atoms with Crippen molar-refractivity contribution in [3.63, 3.8) is 0 Å². The van der Waals surface area contributed by atoms with Gasteiger partial charge in [0.05, 0.1) is 10.6 Å². The van der Waals surface area contributed by atoms with Gasteiger partial charge < -0.3 is 0 Å². The highest BCUT2D eigenvalue weighted by Crippen LogP contribution is 2.28. The number of sulfone groups is 1. The number of rotatable bonds is 0. The van der Waals surface area contributed by atoms with Gasteiger partial charge in [-0.05, 0) is 12.1 Å². The Morgan fingerprint density at radius 1 is 1.28 bits per heavy atom. The van der Waals surface area contributed by atoms with Gasteiger partial charge in [-0.3, -0.25) is 4.57 Å². The number of aryl methyl sites for hydroxylation is 1. The highest BCUT2D eigenvalue weighted by Gasteiger charge is 2.27. The predicted molar refractivity (Wildman–Crippen MR) is 65.0 cm³/mol. The Kier molecular flexibility index (Phi) is 2.21. The number of benzene rings is 1. The lowest BCUT2D eigenvalue weighted by atomic mass is 10.2. The van der Waals surface area contributed by atoms with Gasteiger partial charge >= 0.3 is 5.69 Å². The van der Waals surface area contributed by atoms with E-state index >= 15 is 0 Å². The van der Waals surface area contributed by atoms with E-state index < -0.39 is 9.84 Å². The summed E-state index contributed by atoms with van der Waals surface area (Å²) in [5, 5.41) is 4.12. The highest BCUT2D eigenvalue weighted by atomic mass is 32.2. The maximum Gasteiger partial charge on any atom is 0.345 e. The lowest BCUT2D eigenvalue weighted by Crippen LogP contribution is -2.25. The Morgan fingerprint density at radius 3 is 2.78 bits per heavy atom. The summed E-state index contributed by atoms with van der Waals surface area (Å²) < 4.78 is 26.8. The first-order valence-corrected chi connectivity index (χ1v) is 7.12. The molecule has 1 aliphatic heterocycles. The summed E-state index contributed by atoms with van der Waals surface area (Å²) in [6, 6.07) is 6.65. The molecule has 6 nitrogen and oxygen atoms in total. The Labute approximate surface area is 103 Å². The molecule has 2 aromatic rings. The zero-order valence-corrected chi connectivity index (χ0v) is 10.5. The minimum atomic E-state index is -3.35. The first kappa shape index (κ1) is 11.2. The van der Waals surface area contributed by atoms with Gasteiger partial charge in [-0.2, -0.15) is 0 Å². The summed E-state index contributed by atoms with van der Waals surface area (Å²) in [7, 11) is -1.80. The molecule has 7 heteroatoms. The van der Waals surface area contributed by atoms with Gasteiger partial charge in [0.2, 0.25) is 0 Å². The molecule has 94 valence electrons. The molecule has 1 aromatic carbocycles. The van der Waals surface area contributed by atoms with Gasteiger partial charge in [0.25, 0.3) is 0 Å². The fraction of sp³-hybridized carbons (Fsp3) is 0.273. The van der Waals surface area contributed by atoms with E-state index in [-0.39, 0.29) is 22.9 Å². The molecule has 0 bridgehead atoms. The quantitative estimate of drug-likeness (QED) is 0.674. The average molecular weight is 265 g/mol. The molecule has 0 saturated carbocycles. The first-order chi connectivity index (χ1) is 8.50. The van der Waals surface area contributed by atoms with Gasteiger partial charge in [0.1, 0.15) is 0 Å². The molecular weight excluding hydrogens is 254 g/mol. The first-order valence-electron chi connectivity index (χ1n) is 5.47.